The summed E-state index contributed by atoms with van der Waals surface area (Å²) in [7, 11) is 4.20. The predicted molar refractivity (Wildman–Crippen MR) is 79.5 cm³/mol. The third-order valence-corrected chi connectivity index (χ3v) is 4.10. The second-order valence-electron chi connectivity index (χ2n) is 5.56. The summed E-state index contributed by atoms with van der Waals surface area (Å²) in [6.07, 6.45) is 2.25. The van der Waals surface area contributed by atoms with Crippen molar-refractivity contribution in [2.45, 2.75) is 25.4 Å². The van der Waals surface area contributed by atoms with Gasteiger partial charge in [-0.25, -0.2) is 0 Å². The van der Waals surface area contributed by atoms with Gasteiger partial charge < -0.3 is 10.6 Å². The molecule has 0 bridgehead atoms. The molecule has 2 rings (SSSR count). The van der Waals surface area contributed by atoms with Gasteiger partial charge in [-0.3, -0.25) is 15.0 Å². The van der Waals surface area contributed by atoms with Gasteiger partial charge in [0, 0.05) is 18.7 Å². The molecule has 0 radical (unpaired) electrons. The SMILES string of the molecule is CN1CCC(N(C)Cc2cccc([N+](=O)[O-])c2N)CC1. The van der Waals surface area contributed by atoms with E-state index in [2.05, 4.69) is 23.9 Å². The van der Waals surface area contributed by atoms with Gasteiger partial charge in [-0.1, -0.05) is 12.1 Å². The van der Waals surface area contributed by atoms with Gasteiger partial charge in [0.15, 0.2) is 0 Å². The van der Waals surface area contributed by atoms with E-state index in [0.29, 0.717) is 12.6 Å². The van der Waals surface area contributed by atoms with E-state index < -0.39 is 4.92 Å². The van der Waals surface area contributed by atoms with E-state index in [1.54, 1.807) is 6.07 Å². The minimum absolute atomic E-state index is 0.000669. The number of para-hydroxylation sites is 1. The first-order valence-electron chi connectivity index (χ1n) is 6.89. The number of nitrogen functional groups attached to an aromatic ring is 1. The lowest BCUT2D eigenvalue weighted by Crippen LogP contribution is -2.41. The summed E-state index contributed by atoms with van der Waals surface area (Å²) in [5.41, 5.74) is 7.03. The Morgan fingerprint density at radius 2 is 2.10 bits per heavy atom. The minimum Gasteiger partial charge on any atom is -0.393 e. The zero-order valence-electron chi connectivity index (χ0n) is 12.1. The first kappa shape index (κ1) is 14.7. The Labute approximate surface area is 119 Å². The van der Waals surface area contributed by atoms with Crippen LogP contribution in [0.4, 0.5) is 11.4 Å². The van der Waals surface area contributed by atoms with Crippen molar-refractivity contribution >= 4 is 11.4 Å². The van der Waals surface area contributed by atoms with E-state index in [1.807, 2.05) is 6.07 Å². The molecule has 2 N–H and O–H groups in total. The van der Waals surface area contributed by atoms with Crippen molar-refractivity contribution in [1.82, 2.24) is 9.80 Å². The van der Waals surface area contributed by atoms with Crippen LogP contribution in [0.3, 0.4) is 0 Å². The highest BCUT2D eigenvalue weighted by atomic mass is 16.6. The molecule has 110 valence electrons. The molecule has 0 amide bonds. The van der Waals surface area contributed by atoms with Crippen LogP contribution in [0, 0.1) is 10.1 Å². The highest BCUT2D eigenvalue weighted by molar-refractivity contribution is 5.62. The number of hydrogen-bond donors (Lipinski definition) is 1. The number of hydrogen-bond acceptors (Lipinski definition) is 5. The van der Waals surface area contributed by atoms with E-state index in [1.165, 1.54) is 6.07 Å². The molecule has 6 nitrogen and oxygen atoms in total. The summed E-state index contributed by atoms with van der Waals surface area (Å²) < 4.78 is 0. The van der Waals surface area contributed by atoms with Crippen LogP contribution in [0.15, 0.2) is 18.2 Å². The highest BCUT2D eigenvalue weighted by Crippen LogP contribution is 2.26. The largest absolute Gasteiger partial charge is 0.393 e. The van der Waals surface area contributed by atoms with Crippen LogP contribution in [0.5, 0.6) is 0 Å². The Morgan fingerprint density at radius 3 is 2.70 bits per heavy atom. The van der Waals surface area contributed by atoms with Crippen LogP contribution < -0.4 is 5.73 Å². The lowest BCUT2D eigenvalue weighted by Gasteiger charge is -2.35. The number of likely N-dealkylation sites (tertiary alicyclic amines) is 1. The summed E-state index contributed by atoms with van der Waals surface area (Å²) in [6, 6.07) is 5.54. The molecule has 1 aromatic carbocycles. The maximum Gasteiger partial charge on any atom is 0.292 e. The lowest BCUT2D eigenvalue weighted by atomic mass is 10.0. The smallest absolute Gasteiger partial charge is 0.292 e. The number of nitro benzene ring substituents is 1. The van der Waals surface area contributed by atoms with Crippen LogP contribution in [0.2, 0.25) is 0 Å². The van der Waals surface area contributed by atoms with Crippen LogP contribution >= 0.6 is 0 Å². The number of nitro groups is 1. The Hall–Kier alpha value is -1.66. The Kier molecular flexibility index (Phi) is 4.57. The summed E-state index contributed by atoms with van der Waals surface area (Å²) >= 11 is 0. The van der Waals surface area contributed by atoms with Crippen molar-refractivity contribution in [3.63, 3.8) is 0 Å². The fourth-order valence-electron chi connectivity index (χ4n) is 2.73. The fraction of sp³-hybridized carbons (Fsp3) is 0.571. The average Bonchev–Trinajstić information content (AvgIpc) is 2.41. The summed E-state index contributed by atoms with van der Waals surface area (Å²) in [5, 5.41) is 10.9. The zero-order valence-corrected chi connectivity index (χ0v) is 12.1. The molecular formula is C14H22N4O2. The van der Waals surface area contributed by atoms with E-state index in [0.717, 1.165) is 31.5 Å². The zero-order chi connectivity index (χ0) is 14.7. The molecule has 0 aromatic heterocycles. The molecule has 0 saturated carbocycles. The van der Waals surface area contributed by atoms with Crippen molar-refractivity contribution in [3.05, 3.63) is 33.9 Å². The molecule has 0 unspecified atom stereocenters. The molecular weight excluding hydrogens is 256 g/mol. The van der Waals surface area contributed by atoms with Gasteiger partial charge in [0.1, 0.15) is 5.69 Å². The van der Waals surface area contributed by atoms with Crippen LogP contribution in [0.25, 0.3) is 0 Å². The molecule has 1 aromatic rings. The van der Waals surface area contributed by atoms with Crippen molar-refractivity contribution in [3.8, 4) is 0 Å². The Balaban J connectivity index is 2.06. The Bertz CT molecular complexity index is 484. The maximum absolute atomic E-state index is 10.9. The molecule has 1 fully saturated rings. The maximum atomic E-state index is 10.9. The predicted octanol–water partition coefficient (Wildman–Crippen LogP) is 1.70. The first-order valence-corrected chi connectivity index (χ1v) is 6.89. The molecule has 0 spiro atoms. The minimum atomic E-state index is -0.422. The number of nitrogens with zero attached hydrogens (tertiary/aromatic N) is 3. The van der Waals surface area contributed by atoms with Crippen LogP contribution in [-0.4, -0.2) is 47.9 Å². The van der Waals surface area contributed by atoms with Crippen LogP contribution in [0.1, 0.15) is 18.4 Å². The number of anilines is 1. The second kappa shape index (κ2) is 6.19. The molecule has 6 heteroatoms. The molecule has 1 aliphatic rings. The number of nitrogens with two attached hydrogens (primary N) is 1. The monoisotopic (exact) mass is 278 g/mol. The third kappa shape index (κ3) is 3.26. The van der Waals surface area contributed by atoms with Crippen molar-refractivity contribution < 1.29 is 4.92 Å². The average molecular weight is 278 g/mol. The van der Waals surface area contributed by atoms with Crippen LogP contribution in [-0.2, 0) is 6.54 Å². The summed E-state index contributed by atoms with van der Waals surface area (Å²) in [5.74, 6) is 0. The summed E-state index contributed by atoms with van der Waals surface area (Å²) in [4.78, 5) is 15.1. The van der Waals surface area contributed by atoms with Gasteiger partial charge in [0.2, 0.25) is 0 Å². The standard InChI is InChI=1S/C14H22N4O2/c1-16-8-6-12(7-9-16)17(2)10-11-4-3-5-13(14(11)15)18(19)20/h3-5,12H,6-10,15H2,1-2H3. The fourth-order valence-corrected chi connectivity index (χ4v) is 2.73. The lowest BCUT2D eigenvalue weighted by molar-refractivity contribution is -0.384. The topological polar surface area (TPSA) is 75.6 Å². The van der Waals surface area contributed by atoms with Gasteiger partial charge in [0.25, 0.3) is 5.69 Å². The van der Waals surface area contributed by atoms with E-state index in [9.17, 15) is 10.1 Å². The van der Waals surface area contributed by atoms with Gasteiger partial charge in [-0.2, -0.15) is 0 Å². The van der Waals surface area contributed by atoms with Crippen molar-refractivity contribution in [2.75, 3.05) is 32.9 Å². The first-order chi connectivity index (χ1) is 9.49. The van der Waals surface area contributed by atoms with Gasteiger partial charge in [-0.05, 0) is 45.6 Å². The summed E-state index contributed by atoms with van der Waals surface area (Å²) in [6.45, 7) is 2.85. The molecule has 1 saturated heterocycles. The Morgan fingerprint density at radius 1 is 1.45 bits per heavy atom. The quantitative estimate of drug-likeness (QED) is 0.515. The second-order valence-corrected chi connectivity index (χ2v) is 5.56. The molecule has 1 heterocycles. The molecule has 20 heavy (non-hydrogen) atoms. The van der Waals surface area contributed by atoms with Crippen molar-refractivity contribution in [1.29, 1.82) is 0 Å². The number of rotatable bonds is 4. The third-order valence-electron chi connectivity index (χ3n) is 4.10. The van der Waals surface area contributed by atoms with Gasteiger partial charge in [0.05, 0.1) is 4.92 Å². The van der Waals surface area contributed by atoms with Gasteiger partial charge >= 0.3 is 0 Å². The van der Waals surface area contributed by atoms with E-state index in [4.69, 9.17) is 5.73 Å². The molecule has 0 aliphatic carbocycles. The number of benzene rings is 1. The molecule has 1 aliphatic heterocycles. The highest BCUT2D eigenvalue weighted by Gasteiger charge is 2.22. The van der Waals surface area contributed by atoms with Crippen molar-refractivity contribution in [2.24, 2.45) is 0 Å². The van der Waals surface area contributed by atoms with Gasteiger partial charge in [-0.15, -0.1) is 0 Å². The number of piperidine rings is 1. The van der Waals surface area contributed by atoms with E-state index >= 15 is 0 Å². The molecule has 0 atom stereocenters. The van der Waals surface area contributed by atoms with E-state index in [-0.39, 0.29) is 11.4 Å². The normalized spacial score (nSPS) is 17.6.